The maximum atomic E-state index is 2.28. The van der Waals surface area contributed by atoms with Crippen molar-refractivity contribution in [2.24, 2.45) is 5.92 Å². The minimum absolute atomic E-state index is 1.09. The molecule has 0 N–H and O–H groups in total. The van der Waals surface area contributed by atoms with Crippen LogP contribution in [-0.2, 0) is 0 Å². The van der Waals surface area contributed by atoms with Gasteiger partial charge in [-0.25, -0.2) is 0 Å². The average molecular weight is 94.2 g/mol. The quantitative estimate of drug-likeness (QED) is 0.403. The monoisotopic (exact) mass is 94.1 g/mol. The molecule has 7 heavy (non-hydrogen) atoms. The zero-order valence-electron chi connectivity index (χ0n) is 4.70. The van der Waals surface area contributed by atoms with E-state index < -0.39 is 0 Å². The topological polar surface area (TPSA) is 0 Å². The maximum Gasteiger partial charge on any atom is -0.0283 e. The molecule has 0 aliphatic heterocycles. The fourth-order valence-corrected chi connectivity index (χ4v) is 1.71. The molecule has 0 atom stereocenters. The van der Waals surface area contributed by atoms with Gasteiger partial charge in [-0.3, -0.25) is 0 Å². The van der Waals surface area contributed by atoms with E-state index in [2.05, 4.69) is 6.92 Å². The molecule has 0 heterocycles. The van der Waals surface area contributed by atoms with E-state index in [0.717, 1.165) is 5.92 Å². The van der Waals surface area contributed by atoms with E-state index in [1.54, 1.807) is 11.1 Å². The highest BCUT2D eigenvalue weighted by molar-refractivity contribution is 5.28. The summed E-state index contributed by atoms with van der Waals surface area (Å²) in [7, 11) is 0. The van der Waals surface area contributed by atoms with Crippen LogP contribution >= 0.6 is 0 Å². The van der Waals surface area contributed by atoms with Gasteiger partial charge in [0.25, 0.3) is 0 Å². The highest BCUT2D eigenvalue weighted by Gasteiger charge is 2.31. The molecule has 3 aliphatic rings. The van der Waals surface area contributed by atoms with Gasteiger partial charge in [-0.15, -0.1) is 0 Å². The van der Waals surface area contributed by atoms with E-state index in [4.69, 9.17) is 0 Å². The summed E-state index contributed by atoms with van der Waals surface area (Å²) in [6.07, 6.45) is 4.33. The van der Waals surface area contributed by atoms with Gasteiger partial charge in [-0.1, -0.05) is 11.1 Å². The Morgan fingerprint density at radius 1 is 1.29 bits per heavy atom. The molecule has 0 aromatic heterocycles. The molecule has 0 spiro atoms. The Morgan fingerprint density at radius 2 is 2.00 bits per heavy atom. The molecule has 0 saturated heterocycles. The molecule has 0 radical (unpaired) electrons. The van der Waals surface area contributed by atoms with E-state index in [0.29, 0.717) is 0 Å². The summed E-state index contributed by atoms with van der Waals surface area (Å²) in [5, 5.41) is 0. The summed E-state index contributed by atoms with van der Waals surface area (Å²) in [5.74, 6) is 1.09. The fraction of sp³-hybridized carbons (Fsp3) is 0.714. The van der Waals surface area contributed by atoms with Crippen molar-refractivity contribution in [3.8, 4) is 0 Å². The molecule has 0 aromatic rings. The van der Waals surface area contributed by atoms with Crippen LogP contribution in [0, 0.1) is 5.92 Å². The number of fused-ring (bicyclic) bond motifs is 1. The summed E-state index contributed by atoms with van der Waals surface area (Å²) in [4.78, 5) is 0. The van der Waals surface area contributed by atoms with Crippen LogP contribution in [0.2, 0.25) is 0 Å². The smallest absolute Gasteiger partial charge is 0.0283 e. The Morgan fingerprint density at radius 3 is 2.14 bits per heavy atom. The highest BCUT2D eigenvalue weighted by Crippen LogP contribution is 2.47. The molecule has 0 unspecified atom stereocenters. The Labute approximate surface area is 44.2 Å². The lowest BCUT2D eigenvalue weighted by Gasteiger charge is -2.18. The predicted molar refractivity (Wildman–Crippen MR) is 30.0 cm³/mol. The van der Waals surface area contributed by atoms with Gasteiger partial charge in [0.15, 0.2) is 0 Å². The molecule has 0 nitrogen and oxygen atoms in total. The zero-order valence-corrected chi connectivity index (χ0v) is 4.70. The lowest BCUT2D eigenvalue weighted by Crippen LogP contribution is -2.04. The second kappa shape index (κ2) is 0.936. The minimum Gasteiger partial charge on any atom is -0.0738 e. The third kappa shape index (κ3) is 0.324. The van der Waals surface area contributed by atoms with E-state index in [1.165, 1.54) is 19.3 Å². The van der Waals surface area contributed by atoms with Gasteiger partial charge in [-0.05, 0) is 32.1 Å². The molecule has 0 aromatic carbocycles. The lowest BCUT2D eigenvalue weighted by molar-refractivity contribution is 0.473. The first kappa shape index (κ1) is 3.71. The first-order valence-electron chi connectivity index (χ1n) is 3.04. The van der Waals surface area contributed by atoms with Crippen molar-refractivity contribution in [2.45, 2.75) is 26.2 Å². The minimum atomic E-state index is 1.09. The van der Waals surface area contributed by atoms with Gasteiger partial charge < -0.3 is 0 Å². The summed E-state index contributed by atoms with van der Waals surface area (Å²) < 4.78 is 0. The molecule has 38 valence electrons. The van der Waals surface area contributed by atoms with Crippen molar-refractivity contribution in [1.29, 1.82) is 0 Å². The van der Waals surface area contributed by atoms with Crippen LogP contribution in [0.5, 0.6) is 0 Å². The standard InChI is InChI=1S/C7H10/c1-5-2-6-3-7(5)4-6/h6H,2-4H2,1H3. The summed E-state index contributed by atoms with van der Waals surface area (Å²) >= 11 is 0. The SMILES string of the molecule is CC1=C2CC(C1)C2. The lowest BCUT2D eigenvalue weighted by atomic mass is 9.87. The van der Waals surface area contributed by atoms with Gasteiger partial charge in [0.1, 0.15) is 0 Å². The van der Waals surface area contributed by atoms with Gasteiger partial charge in [-0.2, -0.15) is 0 Å². The zero-order chi connectivity index (χ0) is 4.85. The summed E-state index contributed by atoms with van der Waals surface area (Å²) in [6.45, 7) is 2.28. The van der Waals surface area contributed by atoms with Crippen LogP contribution in [0.15, 0.2) is 11.1 Å². The molecule has 0 heteroatoms. The molecule has 3 aliphatic carbocycles. The Balaban J connectivity index is 2.37. The Bertz CT molecular complexity index is 123. The predicted octanol–water partition coefficient (Wildman–Crippen LogP) is 2.12. The van der Waals surface area contributed by atoms with E-state index >= 15 is 0 Å². The number of rotatable bonds is 0. The fourth-order valence-electron chi connectivity index (χ4n) is 1.71. The summed E-state index contributed by atoms with van der Waals surface area (Å²) in [6, 6.07) is 0. The normalized spacial score (nSPS) is 28.7. The highest BCUT2D eigenvalue weighted by atomic mass is 14.4. The second-order valence-electron chi connectivity index (χ2n) is 2.86. The van der Waals surface area contributed by atoms with Crippen molar-refractivity contribution in [1.82, 2.24) is 0 Å². The molecular weight excluding hydrogens is 84.1 g/mol. The maximum absolute atomic E-state index is 2.28. The van der Waals surface area contributed by atoms with Crippen LogP contribution in [0.1, 0.15) is 26.2 Å². The van der Waals surface area contributed by atoms with Crippen LogP contribution in [0.3, 0.4) is 0 Å². The molecular formula is C7H10. The average Bonchev–Trinajstić information content (AvgIpc) is 1.85. The largest absolute Gasteiger partial charge is 0.0738 e. The molecule has 1 saturated carbocycles. The van der Waals surface area contributed by atoms with Crippen LogP contribution < -0.4 is 0 Å². The van der Waals surface area contributed by atoms with Crippen LogP contribution in [0.25, 0.3) is 0 Å². The number of allylic oxidation sites excluding steroid dienone is 2. The van der Waals surface area contributed by atoms with Crippen molar-refractivity contribution in [3.05, 3.63) is 11.1 Å². The van der Waals surface area contributed by atoms with Crippen molar-refractivity contribution < 1.29 is 0 Å². The molecule has 2 bridgehead atoms. The van der Waals surface area contributed by atoms with Crippen LogP contribution in [0.4, 0.5) is 0 Å². The molecule has 0 amide bonds. The number of hydrogen-bond donors (Lipinski definition) is 0. The van der Waals surface area contributed by atoms with E-state index in [9.17, 15) is 0 Å². The van der Waals surface area contributed by atoms with Gasteiger partial charge >= 0.3 is 0 Å². The van der Waals surface area contributed by atoms with E-state index in [-0.39, 0.29) is 0 Å². The van der Waals surface area contributed by atoms with Crippen molar-refractivity contribution >= 4 is 0 Å². The first-order valence-corrected chi connectivity index (χ1v) is 3.04. The molecule has 1 fully saturated rings. The van der Waals surface area contributed by atoms with Gasteiger partial charge in [0.2, 0.25) is 0 Å². The third-order valence-corrected chi connectivity index (χ3v) is 2.27. The first-order chi connectivity index (χ1) is 3.36. The third-order valence-electron chi connectivity index (χ3n) is 2.27. The Kier molecular flexibility index (Phi) is 0.495. The van der Waals surface area contributed by atoms with Crippen molar-refractivity contribution in [3.63, 3.8) is 0 Å². The van der Waals surface area contributed by atoms with Gasteiger partial charge in [0.05, 0.1) is 0 Å². The van der Waals surface area contributed by atoms with E-state index in [1.807, 2.05) is 0 Å². The van der Waals surface area contributed by atoms with Gasteiger partial charge in [0, 0.05) is 0 Å². The molecule has 3 rings (SSSR count). The Hall–Kier alpha value is -0.260. The van der Waals surface area contributed by atoms with Crippen LogP contribution in [-0.4, -0.2) is 0 Å². The number of hydrogen-bond acceptors (Lipinski definition) is 0. The van der Waals surface area contributed by atoms with Crippen molar-refractivity contribution in [2.75, 3.05) is 0 Å². The second-order valence-corrected chi connectivity index (χ2v) is 2.86. The summed E-state index contributed by atoms with van der Waals surface area (Å²) in [5.41, 5.74) is 3.47.